The molecule has 0 bridgehead atoms. The van der Waals surface area contributed by atoms with E-state index >= 15 is 0 Å². The summed E-state index contributed by atoms with van der Waals surface area (Å²) < 4.78 is 2.34. The van der Waals surface area contributed by atoms with Crippen LogP contribution in [-0.4, -0.2) is 38.5 Å². The number of carbonyl (C=O) groups excluding carboxylic acids is 1. The molecule has 6 heteroatoms. The van der Waals surface area contributed by atoms with Gasteiger partial charge in [-0.05, 0) is 32.6 Å². The van der Waals surface area contributed by atoms with E-state index in [1.165, 1.54) is 18.5 Å². The predicted octanol–water partition coefficient (Wildman–Crippen LogP) is 2.31. The fourth-order valence-electron chi connectivity index (χ4n) is 4.28. The predicted molar refractivity (Wildman–Crippen MR) is 93.6 cm³/mol. The van der Waals surface area contributed by atoms with E-state index in [1.54, 1.807) is 0 Å². The summed E-state index contributed by atoms with van der Waals surface area (Å²) in [4.78, 5) is 19.6. The Morgan fingerprint density at radius 3 is 2.84 bits per heavy atom. The summed E-state index contributed by atoms with van der Waals surface area (Å²) in [6.07, 6.45) is 10.2. The van der Waals surface area contributed by atoms with Crippen LogP contribution < -0.4 is 5.32 Å². The minimum Gasteiger partial charge on any atom is -0.336 e. The molecule has 4 rings (SSSR count). The fraction of sp³-hybridized carbons (Fsp3) is 0.737. The molecule has 2 fully saturated rings. The molecule has 6 nitrogen and oxygen atoms in total. The van der Waals surface area contributed by atoms with Gasteiger partial charge in [0.05, 0.1) is 24.1 Å². The van der Waals surface area contributed by atoms with Gasteiger partial charge in [0.25, 0.3) is 0 Å². The standard InChI is InChI=1S/C19H27N5O/c1-14(18(25)22-19(12-20)8-3-2-4-9-19)23-10-7-17-16(11-23)21-13-24(17)15-5-6-15/h13-15H,2-11H2,1H3,(H,22,25)/t14-/m1/s1. The maximum absolute atomic E-state index is 12.8. The molecule has 1 aromatic rings. The third kappa shape index (κ3) is 3.18. The van der Waals surface area contributed by atoms with E-state index in [9.17, 15) is 10.1 Å². The monoisotopic (exact) mass is 341 g/mol. The minimum atomic E-state index is -0.655. The van der Waals surface area contributed by atoms with Crippen LogP contribution in [0.25, 0.3) is 0 Å². The van der Waals surface area contributed by atoms with E-state index in [1.807, 2.05) is 13.3 Å². The Labute approximate surface area is 149 Å². The second-order valence-electron chi connectivity index (χ2n) is 7.92. The lowest BCUT2D eigenvalue weighted by atomic mass is 9.82. The first-order valence-electron chi connectivity index (χ1n) is 9.64. The topological polar surface area (TPSA) is 74.0 Å². The first-order valence-corrected chi connectivity index (χ1v) is 9.64. The second kappa shape index (κ2) is 6.45. The van der Waals surface area contributed by atoms with Crippen molar-refractivity contribution in [2.24, 2.45) is 0 Å². The summed E-state index contributed by atoms with van der Waals surface area (Å²) in [5.74, 6) is -0.0199. The summed E-state index contributed by atoms with van der Waals surface area (Å²) in [5.41, 5.74) is 1.82. The lowest BCUT2D eigenvalue weighted by Crippen LogP contribution is -2.55. The van der Waals surface area contributed by atoms with E-state index in [-0.39, 0.29) is 11.9 Å². The van der Waals surface area contributed by atoms with Crippen LogP contribution in [0.5, 0.6) is 0 Å². The van der Waals surface area contributed by atoms with E-state index in [2.05, 4.69) is 25.8 Å². The summed E-state index contributed by atoms with van der Waals surface area (Å²) in [6, 6.07) is 2.81. The average Bonchev–Trinajstić information content (AvgIpc) is 3.40. The molecule has 1 aliphatic heterocycles. The van der Waals surface area contributed by atoms with Crippen LogP contribution in [-0.2, 0) is 17.8 Å². The van der Waals surface area contributed by atoms with Crippen molar-refractivity contribution in [2.45, 2.75) is 82.5 Å². The quantitative estimate of drug-likeness (QED) is 0.912. The molecule has 3 aliphatic rings. The molecule has 0 saturated heterocycles. The second-order valence-corrected chi connectivity index (χ2v) is 7.92. The van der Waals surface area contributed by atoms with Gasteiger partial charge in [0.1, 0.15) is 5.54 Å². The highest BCUT2D eigenvalue weighted by Gasteiger charge is 2.37. The number of nitrogens with one attached hydrogen (secondary N) is 1. The number of amides is 1. The highest BCUT2D eigenvalue weighted by atomic mass is 16.2. The smallest absolute Gasteiger partial charge is 0.238 e. The van der Waals surface area contributed by atoms with Crippen molar-refractivity contribution in [3.63, 3.8) is 0 Å². The van der Waals surface area contributed by atoms with E-state index in [0.29, 0.717) is 6.04 Å². The van der Waals surface area contributed by atoms with Crippen LogP contribution in [0.15, 0.2) is 6.33 Å². The molecule has 2 saturated carbocycles. The molecule has 2 heterocycles. The molecule has 0 unspecified atom stereocenters. The number of fused-ring (bicyclic) bond motifs is 1. The van der Waals surface area contributed by atoms with Crippen LogP contribution in [0, 0.1) is 11.3 Å². The maximum Gasteiger partial charge on any atom is 0.238 e. The summed E-state index contributed by atoms with van der Waals surface area (Å²) in [6.45, 7) is 3.55. The van der Waals surface area contributed by atoms with Gasteiger partial charge in [0.2, 0.25) is 5.91 Å². The Balaban J connectivity index is 1.41. The summed E-state index contributed by atoms with van der Waals surface area (Å²) in [5, 5.41) is 12.7. The number of rotatable bonds is 4. The van der Waals surface area contributed by atoms with Crippen molar-refractivity contribution >= 4 is 5.91 Å². The van der Waals surface area contributed by atoms with Gasteiger partial charge in [-0.25, -0.2) is 4.98 Å². The van der Waals surface area contributed by atoms with E-state index in [0.717, 1.165) is 57.3 Å². The van der Waals surface area contributed by atoms with Crippen molar-refractivity contribution in [3.05, 3.63) is 17.7 Å². The third-order valence-corrected chi connectivity index (χ3v) is 6.12. The molecular formula is C19H27N5O. The van der Waals surface area contributed by atoms with Crippen LogP contribution in [0.2, 0.25) is 0 Å². The first-order chi connectivity index (χ1) is 12.1. The molecule has 1 aromatic heterocycles. The number of nitrogens with zero attached hydrogens (tertiary/aromatic N) is 4. The van der Waals surface area contributed by atoms with Gasteiger partial charge in [-0.3, -0.25) is 9.69 Å². The Bertz CT molecular complexity index is 693. The molecule has 1 amide bonds. The van der Waals surface area contributed by atoms with Crippen molar-refractivity contribution in [1.29, 1.82) is 5.26 Å². The minimum absolute atomic E-state index is 0.0199. The molecule has 25 heavy (non-hydrogen) atoms. The molecule has 0 radical (unpaired) electrons. The van der Waals surface area contributed by atoms with Gasteiger partial charge in [-0.1, -0.05) is 19.3 Å². The lowest BCUT2D eigenvalue weighted by Gasteiger charge is -2.36. The Morgan fingerprint density at radius 1 is 1.40 bits per heavy atom. The largest absolute Gasteiger partial charge is 0.336 e. The first kappa shape index (κ1) is 16.6. The van der Waals surface area contributed by atoms with Crippen LogP contribution in [0.4, 0.5) is 0 Å². The van der Waals surface area contributed by atoms with Gasteiger partial charge < -0.3 is 9.88 Å². The Morgan fingerprint density at radius 2 is 2.16 bits per heavy atom. The van der Waals surface area contributed by atoms with Crippen LogP contribution in [0.3, 0.4) is 0 Å². The third-order valence-electron chi connectivity index (χ3n) is 6.12. The molecule has 0 spiro atoms. The van der Waals surface area contributed by atoms with Gasteiger partial charge in [-0.2, -0.15) is 5.26 Å². The zero-order valence-corrected chi connectivity index (χ0v) is 15.0. The highest BCUT2D eigenvalue weighted by Crippen LogP contribution is 2.37. The normalized spacial score (nSPS) is 24.2. The maximum atomic E-state index is 12.8. The average molecular weight is 341 g/mol. The number of hydrogen-bond acceptors (Lipinski definition) is 4. The Hall–Kier alpha value is -1.87. The lowest BCUT2D eigenvalue weighted by molar-refractivity contribution is -0.128. The summed E-state index contributed by atoms with van der Waals surface area (Å²) >= 11 is 0. The molecular weight excluding hydrogens is 314 g/mol. The van der Waals surface area contributed by atoms with Gasteiger partial charge in [0, 0.05) is 31.2 Å². The van der Waals surface area contributed by atoms with Crippen LogP contribution in [0.1, 0.15) is 69.3 Å². The van der Waals surface area contributed by atoms with Crippen molar-refractivity contribution in [1.82, 2.24) is 19.8 Å². The molecule has 1 atom stereocenters. The zero-order valence-electron chi connectivity index (χ0n) is 15.0. The Kier molecular flexibility index (Phi) is 4.28. The van der Waals surface area contributed by atoms with Gasteiger partial charge >= 0.3 is 0 Å². The molecule has 0 aromatic carbocycles. The van der Waals surface area contributed by atoms with Crippen molar-refractivity contribution < 1.29 is 4.79 Å². The van der Waals surface area contributed by atoms with Crippen LogP contribution >= 0.6 is 0 Å². The number of hydrogen-bond donors (Lipinski definition) is 1. The van der Waals surface area contributed by atoms with E-state index in [4.69, 9.17) is 0 Å². The van der Waals surface area contributed by atoms with Gasteiger partial charge in [-0.15, -0.1) is 0 Å². The number of nitriles is 1. The summed E-state index contributed by atoms with van der Waals surface area (Å²) in [7, 11) is 0. The molecule has 134 valence electrons. The van der Waals surface area contributed by atoms with E-state index < -0.39 is 5.54 Å². The highest BCUT2D eigenvalue weighted by molar-refractivity contribution is 5.82. The fourth-order valence-corrected chi connectivity index (χ4v) is 4.28. The van der Waals surface area contributed by atoms with Crippen molar-refractivity contribution in [3.8, 4) is 6.07 Å². The number of aromatic nitrogens is 2. The molecule has 2 aliphatic carbocycles. The van der Waals surface area contributed by atoms with Crippen molar-refractivity contribution in [2.75, 3.05) is 6.54 Å². The zero-order chi connectivity index (χ0) is 17.4. The molecule has 1 N–H and O–H groups in total. The number of imidazole rings is 1. The number of carbonyl (C=O) groups is 1. The van der Waals surface area contributed by atoms with Gasteiger partial charge in [0.15, 0.2) is 0 Å². The SMILES string of the molecule is C[C@H](C(=O)NC1(C#N)CCCCC1)N1CCc2c(ncn2C2CC2)C1.